The zero-order valence-electron chi connectivity index (χ0n) is 11.9. The van der Waals surface area contributed by atoms with Crippen LogP contribution in [-0.2, 0) is 13.0 Å². The van der Waals surface area contributed by atoms with E-state index in [0.717, 1.165) is 28.8 Å². The maximum Gasteiger partial charge on any atom is 0.138 e. The van der Waals surface area contributed by atoms with Crippen LogP contribution >= 0.6 is 0 Å². The Hall–Kier alpha value is -2.31. The van der Waals surface area contributed by atoms with Gasteiger partial charge in [0.1, 0.15) is 12.2 Å². The number of hydrazine groups is 1. The molecule has 2 heterocycles. The Bertz CT molecular complexity index is 730. The third-order valence-corrected chi connectivity index (χ3v) is 3.64. The average molecular weight is 282 g/mol. The lowest BCUT2D eigenvalue weighted by molar-refractivity contribution is 0.512. The van der Waals surface area contributed by atoms with E-state index in [-0.39, 0.29) is 6.04 Å². The van der Waals surface area contributed by atoms with Crippen molar-refractivity contribution < 1.29 is 0 Å². The van der Waals surface area contributed by atoms with Crippen molar-refractivity contribution in [3.05, 3.63) is 54.2 Å². The van der Waals surface area contributed by atoms with Gasteiger partial charge in [0.05, 0.1) is 11.6 Å². The second-order valence-electron chi connectivity index (χ2n) is 4.83. The Labute approximate surface area is 123 Å². The summed E-state index contributed by atoms with van der Waals surface area (Å²) in [6, 6.07) is 10.0. The first-order valence-electron chi connectivity index (χ1n) is 7.00. The molecule has 3 rings (SSSR count). The van der Waals surface area contributed by atoms with Crippen molar-refractivity contribution in [2.75, 3.05) is 0 Å². The second-order valence-corrected chi connectivity index (χ2v) is 4.83. The Kier molecular flexibility index (Phi) is 3.89. The number of aryl methyl sites for hydroxylation is 1. The van der Waals surface area contributed by atoms with Crippen LogP contribution in [0.25, 0.3) is 10.9 Å². The molecule has 21 heavy (non-hydrogen) atoms. The van der Waals surface area contributed by atoms with Crippen LogP contribution in [0.5, 0.6) is 0 Å². The molecule has 1 unspecified atom stereocenters. The Morgan fingerprint density at radius 2 is 2.10 bits per heavy atom. The van der Waals surface area contributed by atoms with Gasteiger partial charge in [-0.15, -0.1) is 0 Å². The van der Waals surface area contributed by atoms with Crippen molar-refractivity contribution in [1.29, 1.82) is 0 Å². The van der Waals surface area contributed by atoms with Crippen LogP contribution in [0.2, 0.25) is 0 Å². The van der Waals surface area contributed by atoms with E-state index in [1.807, 2.05) is 42.1 Å². The minimum atomic E-state index is -0.0348. The summed E-state index contributed by atoms with van der Waals surface area (Å²) >= 11 is 0. The van der Waals surface area contributed by atoms with Gasteiger partial charge in [-0.05, 0) is 24.6 Å². The second kappa shape index (κ2) is 5.99. The number of nitrogens with zero attached hydrogens (tertiary/aromatic N) is 4. The number of nitrogens with two attached hydrogens (primary N) is 1. The molecule has 0 radical (unpaired) electrons. The minimum absolute atomic E-state index is 0.0348. The van der Waals surface area contributed by atoms with Gasteiger partial charge in [-0.2, -0.15) is 5.10 Å². The summed E-state index contributed by atoms with van der Waals surface area (Å²) < 4.78 is 1.88. The predicted molar refractivity (Wildman–Crippen MR) is 81.2 cm³/mol. The quantitative estimate of drug-likeness (QED) is 0.548. The summed E-state index contributed by atoms with van der Waals surface area (Å²) in [5.74, 6) is 6.69. The van der Waals surface area contributed by atoms with Gasteiger partial charge >= 0.3 is 0 Å². The molecule has 0 fully saturated rings. The first-order chi connectivity index (χ1) is 10.3. The van der Waals surface area contributed by atoms with Crippen LogP contribution in [-0.4, -0.2) is 19.7 Å². The normalized spacial score (nSPS) is 12.7. The lowest BCUT2D eigenvalue weighted by Gasteiger charge is -2.18. The van der Waals surface area contributed by atoms with E-state index in [1.54, 1.807) is 6.33 Å². The van der Waals surface area contributed by atoms with Gasteiger partial charge in [-0.3, -0.25) is 20.9 Å². The first kappa shape index (κ1) is 13.7. The number of para-hydroxylation sites is 1. The molecule has 1 atom stereocenters. The largest absolute Gasteiger partial charge is 0.271 e. The van der Waals surface area contributed by atoms with E-state index < -0.39 is 0 Å². The fourth-order valence-electron chi connectivity index (χ4n) is 2.57. The van der Waals surface area contributed by atoms with Crippen molar-refractivity contribution >= 4 is 10.9 Å². The molecular weight excluding hydrogens is 264 g/mol. The minimum Gasteiger partial charge on any atom is -0.271 e. The number of nitrogens with one attached hydrogen (secondary N) is 1. The number of benzene rings is 1. The highest BCUT2D eigenvalue weighted by Gasteiger charge is 2.16. The molecule has 6 nitrogen and oxygen atoms in total. The molecule has 3 N–H and O–H groups in total. The molecule has 0 spiro atoms. The molecule has 0 aliphatic carbocycles. The average Bonchev–Trinajstić information content (AvgIpc) is 2.99. The van der Waals surface area contributed by atoms with Gasteiger partial charge in [0.15, 0.2) is 0 Å². The molecule has 0 saturated heterocycles. The van der Waals surface area contributed by atoms with Crippen molar-refractivity contribution in [3.8, 4) is 0 Å². The molecule has 0 amide bonds. The van der Waals surface area contributed by atoms with Gasteiger partial charge in [0.2, 0.25) is 0 Å². The molecule has 3 aromatic rings. The van der Waals surface area contributed by atoms with E-state index in [0.29, 0.717) is 6.42 Å². The fourth-order valence-corrected chi connectivity index (χ4v) is 2.57. The van der Waals surface area contributed by atoms with Crippen molar-refractivity contribution in [2.45, 2.75) is 25.9 Å². The number of fused-ring (bicyclic) bond motifs is 1. The van der Waals surface area contributed by atoms with Crippen LogP contribution in [0.15, 0.2) is 42.9 Å². The van der Waals surface area contributed by atoms with Gasteiger partial charge in [-0.25, -0.2) is 4.98 Å². The standard InChI is InChI=1S/C15H18N6/c1-2-21-15(18-10-19-21)9-14(20-16)12-7-8-17-13-6-4-3-5-11(12)13/h3-8,10,14,20H,2,9,16H2,1H3. The Morgan fingerprint density at radius 3 is 2.90 bits per heavy atom. The van der Waals surface area contributed by atoms with Gasteiger partial charge < -0.3 is 0 Å². The predicted octanol–water partition coefficient (Wildman–Crippen LogP) is 1.59. The number of aromatic nitrogens is 4. The molecule has 108 valence electrons. The summed E-state index contributed by atoms with van der Waals surface area (Å²) in [6.07, 6.45) is 4.07. The van der Waals surface area contributed by atoms with Crippen LogP contribution in [0.1, 0.15) is 24.4 Å². The van der Waals surface area contributed by atoms with Crippen molar-refractivity contribution in [2.24, 2.45) is 5.84 Å². The Morgan fingerprint density at radius 1 is 1.24 bits per heavy atom. The molecule has 1 aromatic carbocycles. The van der Waals surface area contributed by atoms with Crippen molar-refractivity contribution in [3.63, 3.8) is 0 Å². The van der Waals surface area contributed by atoms with E-state index in [2.05, 4.69) is 26.6 Å². The van der Waals surface area contributed by atoms with E-state index >= 15 is 0 Å². The highest BCUT2D eigenvalue weighted by atomic mass is 15.3. The zero-order valence-corrected chi connectivity index (χ0v) is 11.9. The molecule has 0 bridgehead atoms. The fraction of sp³-hybridized carbons (Fsp3) is 0.267. The van der Waals surface area contributed by atoms with Crippen LogP contribution in [0, 0.1) is 0 Å². The van der Waals surface area contributed by atoms with E-state index in [9.17, 15) is 0 Å². The molecule has 2 aromatic heterocycles. The molecule has 0 aliphatic heterocycles. The third-order valence-electron chi connectivity index (χ3n) is 3.64. The topological polar surface area (TPSA) is 81.7 Å². The van der Waals surface area contributed by atoms with Crippen LogP contribution < -0.4 is 11.3 Å². The number of pyridine rings is 1. The van der Waals surface area contributed by atoms with Crippen molar-refractivity contribution in [1.82, 2.24) is 25.2 Å². The summed E-state index contributed by atoms with van der Waals surface area (Å²) in [6.45, 7) is 2.84. The smallest absolute Gasteiger partial charge is 0.138 e. The maximum absolute atomic E-state index is 5.78. The number of rotatable bonds is 5. The van der Waals surface area contributed by atoms with E-state index in [1.165, 1.54) is 0 Å². The summed E-state index contributed by atoms with van der Waals surface area (Å²) in [7, 11) is 0. The number of hydrogen-bond acceptors (Lipinski definition) is 5. The first-order valence-corrected chi connectivity index (χ1v) is 7.00. The van der Waals surface area contributed by atoms with E-state index in [4.69, 9.17) is 5.84 Å². The van der Waals surface area contributed by atoms with Crippen LogP contribution in [0.3, 0.4) is 0 Å². The van der Waals surface area contributed by atoms with Gasteiger partial charge in [0, 0.05) is 24.5 Å². The highest BCUT2D eigenvalue weighted by molar-refractivity contribution is 5.82. The summed E-state index contributed by atoms with van der Waals surface area (Å²) in [5.41, 5.74) is 4.98. The van der Waals surface area contributed by atoms with Crippen LogP contribution in [0.4, 0.5) is 0 Å². The lowest BCUT2D eigenvalue weighted by Crippen LogP contribution is -2.30. The molecular formula is C15H18N6. The molecule has 0 saturated carbocycles. The third kappa shape index (κ3) is 2.63. The maximum atomic E-state index is 5.78. The summed E-state index contributed by atoms with van der Waals surface area (Å²) in [4.78, 5) is 8.71. The Balaban J connectivity index is 1.99. The highest BCUT2D eigenvalue weighted by Crippen LogP contribution is 2.24. The lowest BCUT2D eigenvalue weighted by atomic mass is 10.00. The molecule has 0 aliphatic rings. The zero-order chi connectivity index (χ0) is 14.7. The monoisotopic (exact) mass is 282 g/mol. The SMILES string of the molecule is CCn1ncnc1CC(NN)c1ccnc2ccccc12. The van der Waals surface area contributed by atoms with Gasteiger partial charge in [0.25, 0.3) is 0 Å². The number of hydrogen-bond donors (Lipinski definition) is 2. The van der Waals surface area contributed by atoms with Gasteiger partial charge in [-0.1, -0.05) is 18.2 Å². The molecule has 6 heteroatoms. The summed E-state index contributed by atoms with van der Waals surface area (Å²) in [5, 5.41) is 5.30.